The smallest absolute Gasteiger partial charge is 0.219 e. The number of carbonyl (C=O) groups is 1. The standard InChI is InChI=1S/C12H14N4O/c1-8-13-12-4-3-10(7-16(12)14-8)11-5-15(6-11)9(2)17/h3-4,7,11H,5-6H2,1-2H3. The number of carbonyl (C=O) groups excluding carboxylic acids is 1. The molecule has 1 saturated heterocycles. The first kappa shape index (κ1) is 10.3. The Labute approximate surface area is 99.1 Å². The second-order valence-corrected chi connectivity index (χ2v) is 4.55. The van der Waals surface area contributed by atoms with Gasteiger partial charge in [-0.05, 0) is 18.6 Å². The van der Waals surface area contributed by atoms with Crippen molar-refractivity contribution in [3.05, 3.63) is 29.7 Å². The van der Waals surface area contributed by atoms with Crippen molar-refractivity contribution in [1.29, 1.82) is 0 Å². The molecule has 5 nitrogen and oxygen atoms in total. The van der Waals surface area contributed by atoms with E-state index in [1.54, 1.807) is 11.4 Å². The number of pyridine rings is 1. The summed E-state index contributed by atoms with van der Waals surface area (Å²) < 4.78 is 1.81. The first-order valence-corrected chi connectivity index (χ1v) is 5.72. The minimum Gasteiger partial charge on any atom is -0.342 e. The van der Waals surface area contributed by atoms with Gasteiger partial charge in [-0.25, -0.2) is 9.50 Å². The lowest BCUT2D eigenvalue weighted by atomic mass is 9.93. The number of fused-ring (bicyclic) bond motifs is 1. The van der Waals surface area contributed by atoms with Crippen LogP contribution in [0.25, 0.3) is 5.65 Å². The van der Waals surface area contributed by atoms with Crippen molar-refractivity contribution < 1.29 is 4.79 Å². The van der Waals surface area contributed by atoms with Gasteiger partial charge < -0.3 is 4.90 Å². The van der Waals surface area contributed by atoms with Crippen LogP contribution in [0.4, 0.5) is 0 Å². The Hall–Kier alpha value is -1.91. The van der Waals surface area contributed by atoms with E-state index in [1.165, 1.54) is 5.56 Å². The second-order valence-electron chi connectivity index (χ2n) is 4.55. The quantitative estimate of drug-likeness (QED) is 0.734. The molecule has 0 radical (unpaired) electrons. The van der Waals surface area contributed by atoms with Crippen molar-refractivity contribution >= 4 is 11.6 Å². The SMILES string of the molecule is CC(=O)N1CC(c2ccc3nc(C)nn3c2)C1. The van der Waals surface area contributed by atoms with Gasteiger partial charge in [-0.3, -0.25) is 4.79 Å². The van der Waals surface area contributed by atoms with E-state index < -0.39 is 0 Å². The molecule has 17 heavy (non-hydrogen) atoms. The number of nitrogens with zero attached hydrogens (tertiary/aromatic N) is 4. The van der Waals surface area contributed by atoms with Gasteiger partial charge in [-0.2, -0.15) is 5.10 Å². The molecule has 2 aromatic heterocycles. The summed E-state index contributed by atoms with van der Waals surface area (Å²) in [5.41, 5.74) is 2.09. The maximum absolute atomic E-state index is 11.1. The highest BCUT2D eigenvalue weighted by Gasteiger charge is 2.29. The molecule has 0 atom stereocenters. The van der Waals surface area contributed by atoms with Crippen LogP contribution in [0.1, 0.15) is 24.2 Å². The molecule has 1 aliphatic rings. The van der Waals surface area contributed by atoms with E-state index in [9.17, 15) is 4.79 Å². The van der Waals surface area contributed by atoms with Crippen LogP contribution < -0.4 is 0 Å². The highest BCUT2D eigenvalue weighted by Crippen LogP contribution is 2.26. The molecule has 88 valence electrons. The Kier molecular flexibility index (Phi) is 2.14. The first-order chi connectivity index (χ1) is 8.13. The topological polar surface area (TPSA) is 50.5 Å². The predicted octanol–water partition coefficient (Wildman–Crippen LogP) is 0.983. The molecule has 1 amide bonds. The number of amides is 1. The molecule has 0 spiro atoms. The minimum absolute atomic E-state index is 0.152. The second kappa shape index (κ2) is 3.55. The summed E-state index contributed by atoms with van der Waals surface area (Å²) in [7, 11) is 0. The fourth-order valence-corrected chi connectivity index (χ4v) is 2.20. The Balaban J connectivity index is 1.85. The maximum Gasteiger partial charge on any atom is 0.219 e. The van der Waals surface area contributed by atoms with Crippen molar-refractivity contribution in [3.63, 3.8) is 0 Å². The van der Waals surface area contributed by atoms with Crippen molar-refractivity contribution in [1.82, 2.24) is 19.5 Å². The summed E-state index contributed by atoms with van der Waals surface area (Å²) in [6, 6.07) is 4.05. The summed E-state index contributed by atoms with van der Waals surface area (Å²) in [4.78, 5) is 17.3. The van der Waals surface area contributed by atoms with E-state index in [1.807, 2.05) is 24.1 Å². The first-order valence-electron chi connectivity index (χ1n) is 5.72. The highest BCUT2D eigenvalue weighted by molar-refractivity contribution is 5.74. The number of aryl methyl sites for hydroxylation is 1. The third-order valence-corrected chi connectivity index (χ3v) is 3.26. The summed E-state index contributed by atoms with van der Waals surface area (Å²) >= 11 is 0. The van der Waals surface area contributed by atoms with Crippen molar-refractivity contribution in [2.75, 3.05) is 13.1 Å². The normalized spacial score (nSPS) is 16.2. The zero-order valence-electron chi connectivity index (χ0n) is 9.92. The largest absolute Gasteiger partial charge is 0.342 e. The van der Waals surface area contributed by atoms with E-state index in [0.29, 0.717) is 5.92 Å². The average molecular weight is 230 g/mol. The van der Waals surface area contributed by atoms with Gasteiger partial charge >= 0.3 is 0 Å². The predicted molar refractivity (Wildman–Crippen MR) is 62.7 cm³/mol. The highest BCUT2D eigenvalue weighted by atomic mass is 16.2. The average Bonchev–Trinajstić information content (AvgIpc) is 2.54. The van der Waals surface area contributed by atoms with Gasteiger partial charge in [0.15, 0.2) is 5.65 Å². The Morgan fingerprint density at radius 1 is 1.41 bits per heavy atom. The monoisotopic (exact) mass is 230 g/mol. The van der Waals surface area contributed by atoms with Gasteiger partial charge in [0.2, 0.25) is 5.91 Å². The zero-order valence-corrected chi connectivity index (χ0v) is 9.92. The molecule has 0 unspecified atom stereocenters. The molecular weight excluding hydrogens is 216 g/mol. The van der Waals surface area contributed by atoms with Crippen molar-refractivity contribution in [3.8, 4) is 0 Å². The zero-order chi connectivity index (χ0) is 12.0. The van der Waals surface area contributed by atoms with Crippen molar-refractivity contribution in [2.24, 2.45) is 0 Å². The lowest BCUT2D eigenvalue weighted by Crippen LogP contribution is -2.47. The lowest BCUT2D eigenvalue weighted by molar-refractivity contribution is -0.133. The number of aromatic nitrogens is 3. The molecule has 3 heterocycles. The number of hydrogen-bond acceptors (Lipinski definition) is 3. The third-order valence-electron chi connectivity index (χ3n) is 3.26. The maximum atomic E-state index is 11.1. The molecule has 0 N–H and O–H groups in total. The summed E-state index contributed by atoms with van der Waals surface area (Å²) in [5, 5.41) is 4.29. The van der Waals surface area contributed by atoms with Gasteiger partial charge in [0.25, 0.3) is 0 Å². The fourth-order valence-electron chi connectivity index (χ4n) is 2.20. The molecule has 0 aliphatic carbocycles. The number of likely N-dealkylation sites (tertiary alicyclic amines) is 1. The Bertz CT molecular complexity index is 583. The molecule has 1 aliphatic heterocycles. The van der Waals surface area contributed by atoms with Crippen LogP contribution in [0.5, 0.6) is 0 Å². The van der Waals surface area contributed by atoms with Gasteiger partial charge in [-0.15, -0.1) is 0 Å². The molecule has 1 fully saturated rings. The van der Waals surface area contributed by atoms with E-state index >= 15 is 0 Å². The summed E-state index contributed by atoms with van der Waals surface area (Å²) in [5.74, 6) is 1.37. The fraction of sp³-hybridized carbons (Fsp3) is 0.417. The van der Waals surface area contributed by atoms with E-state index in [2.05, 4.69) is 16.1 Å². The van der Waals surface area contributed by atoms with Crippen LogP contribution >= 0.6 is 0 Å². The van der Waals surface area contributed by atoms with Gasteiger partial charge in [0.05, 0.1) is 0 Å². The molecule has 0 bridgehead atoms. The molecule has 0 aromatic carbocycles. The molecule has 0 saturated carbocycles. The van der Waals surface area contributed by atoms with E-state index in [0.717, 1.165) is 24.6 Å². The van der Waals surface area contributed by atoms with E-state index in [-0.39, 0.29) is 5.91 Å². The summed E-state index contributed by atoms with van der Waals surface area (Å²) in [6.07, 6.45) is 2.01. The van der Waals surface area contributed by atoms with Crippen molar-refractivity contribution in [2.45, 2.75) is 19.8 Å². The molecule has 5 heteroatoms. The molecule has 2 aromatic rings. The molecular formula is C12H14N4O. The van der Waals surface area contributed by atoms with Gasteiger partial charge in [0.1, 0.15) is 5.82 Å². The Morgan fingerprint density at radius 2 is 2.18 bits per heavy atom. The van der Waals surface area contributed by atoms with Crippen LogP contribution in [0.3, 0.4) is 0 Å². The van der Waals surface area contributed by atoms with Crippen LogP contribution in [0.15, 0.2) is 18.3 Å². The summed E-state index contributed by atoms with van der Waals surface area (Å²) in [6.45, 7) is 5.12. The van der Waals surface area contributed by atoms with Gasteiger partial charge in [0, 0.05) is 32.1 Å². The molecule has 3 rings (SSSR count). The Morgan fingerprint density at radius 3 is 2.88 bits per heavy atom. The van der Waals surface area contributed by atoms with Crippen LogP contribution in [-0.4, -0.2) is 38.5 Å². The third kappa shape index (κ3) is 1.67. The van der Waals surface area contributed by atoms with E-state index in [4.69, 9.17) is 0 Å². The number of rotatable bonds is 1. The minimum atomic E-state index is 0.152. The lowest BCUT2D eigenvalue weighted by Gasteiger charge is -2.38. The van der Waals surface area contributed by atoms with Crippen LogP contribution in [0, 0.1) is 6.92 Å². The van der Waals surface area contributed by atoms with Crippen LogP contribution in [0.2, 0.25) is 0 Å². The van der Waals surface area contributed by atoms with Crippen LogP contribution in [-0.2, 0) is 4.79 Å². The number of hydrogen-bond donors (Lipinski definition) is 0. The van der Waals surface area contributed by atoms with Gasteiger partial charge in [-0.1, -0.05) is 6.07 Å².